The Bertz CT molecular complexity index is 1780. The number of nitrogens with zero attached hydrogens (tertiary/aromatic N) is 4. The van der Waals surface area contributed by atoms with Gasteiger partial charge in [0.25, 0.3) is 0 Å². The van der Waals surface area contributed by atoms with Crippen LogP contribution in [0.4, 0.5) is 5.82 Å². The van der Waals surface area contributed by atoms with Crippen LogP contribution in [-0.2, 0) is 42.1 Å². The third-order valence-corrected chi connectivity index (χ3v) is 11.2. The Morgan fingerprint density at radius 3 is 2.28 bits per heavy atom. The first-order valence-corrected chi connectivity index (χ1v) is 20.5. The molecule has 1 amide bonds. The van der Waals surface area contributed by atoms with Crippen LogP contribution < -0.4 is 10.6 Å². The van der Waals surface area contributed by atoms with Crippen molar-refractivity contribution in [1.82, 2.24) is 25.1 Å². The number of aliphatic hydroxyl groups is 2. The summed E-state index contributed by atoms with van der Waals surface area (Å²) in [6.07, 6.45) is 0.361. The minimum absolute atomic E-state index is 0.0206. The summed E-state index contributed by atoms with van der Waals surface area (Å²) < 4.78 is 56.3. The zero-order valence-corrected chi connectivity index (χ0v) is 31.4. The number of anilines is 1. The van der Waals surface area contributed by atoms with E-state index in [0.717, 1.165) is 10.2 Å². The monoisotopic (exact) mass is 820 g/mol. The summed E-state index contributed by atoms with van der Waals surface area (Å²) in [5, 5.41) is 31.8. The average Bonchev–Trinajstić information content (AvgIpc) is 3.66. The lowest BCUT2D eigenvalue weighted by molar-refractivity contribution is -0.121. The molecule has 2 aromatic heterocycles. The van der Waals surface area contributed by atoms with E-state index >= 15 is 0 Å². The molecule has 298 valence electrons. The maximum atomic E-state index is 13.0. The van der Waals surface area contributed by atoms with Crippen LogP contribution in [0.5, 0.6) is 0 Å². The summed E-state index contributed by atoms with van der Waals surface area (Å²) in [6, 6.07) is 8.49. The highest BCUT2D eigenvalue weighted by Gasteiger charge is 2.46. The number of carbonyl (C=O) groups is 1. The molecule has 54 heavy (non-hydrogen) atoms. The van der Waals surface area contributed by atoms with E-state index in [1.807, 2.05) is 30.3 Å². The van der Waals surface area contributed by atoms with Crippen molar-refractivity contribution in [3.05, 3.63) is 47.4 Å². The van der Waals surface area contributed by atoms with Crippen molar-refractivity contribution in [2.24, 2.45) is 0 Å². The maximum absolute atomic E-state index is 13.0. The van der Waals surface area contributed by atoms with Crippen molar-refractivity contribution < 1.29 is 67.0 Å². The first kappa shape index (κ1) is 43.6. The van der Waals surface area contributed by atoms with Gasteiger partial charge in [-0.2, -0.15) is 15.1 Å². The second-order valence-corrected chi connectivity index (χ2v) is 16.0. The molecular formula is C31H43ClN6O14P2. The van der Waals surface area contributed by atoms with Gasteiger partial charge in [0.15, 0.2) is 17.8 Å². The zero-order chi connectivity index (χ0) is 39.1. The molecule has 1 aliphatic rings. The van der Waals surface area contributed by atoms with Crippen molar-refractivity contribution in [1.29, 1.82) is 0 Å². The highest BCUT2D eigenvalue weighted by molar-refractivity contribution is 7.70. The number of ether oxygens (including phenoxy) is 5. The fourth-order valence-corrected chi connectivity index (χ4v) is 7.87. The molecule has 1 fully saturated rings. The van der Waals surface area contributed by atoms with Gasteiger partial charge in [0.05, 0.1) is 76.9 Å². The number of terminal acetylenes is 1. The number of carbonyl (C=O) groups excluding carboxylic acids is 1. The van der Waals surface area contributed by atoms with Crippen LogP contribution in [0.15, 0.2) is 36.5 Å². The van der Waals surface area contributed by atoms with Gasteiger partial charge in [0, 0.05) is 6.54 Å². The van der Waals surface area contributed by atoms with Gasteiger partial charge in [-0.25, -0.2) is 4.68 Å². The highest BCUT2D eigenvalue weighted by Crippen LogP contribution is 2.55. The average molecular weight is 821 g/mol. The van der Waals surface area contributed by atoms with Crippen LogP contribution in [0.25, 0.3) is 11.0 Å². The van der Waals surface area contributed by atoms with E-state index < -0.39 is 58.3 Å². The Balaban J connectivity index is 1.32. The van der Waals surface area contributed by atoms with Gasteiger partial charge in [-0.05, 0) is 17.2 Å². The summed E-state index contributed by atoms with van der Waals surface area (Å²) in [5.74, 6) is 0.834. The smallest absolute Gasteiger partial charge is 0.340 e. The number of halogens is 1. The van der Waals surface area contributed by atoms with Crippen molar-refractivity contribution in [3.63, 3.8) is 0 Å². The molecule has 0 aliphatic carbocycles. The van der Waals surface area contributed by atoms with E-state index in [1.165, 1.54) is 6.20 Å². The molecule has 1 aromatic carbocycles. The second kappa shape index (κ2) is 21.3. The van der Waals surface area contributed by atoms with E-state index in [0.29, 0.717) is 45.0 Å². The lowest BCUT2D eigenvalue weighted by atomic mass is 10.0. The number of rotatable bonds is 24. The van der Waals surface area contributed by atoms with Gasteiger partial charge in [0.1, 0.15) is 30.7 Å². The molecule has 23 heteroatoms. The Kier molecular flexibility index (Phi) is 17.2. The fourth-order valence-electron chi connectivity index (χ4n) is 5.14. The third kappa shape index (κ3) is 13.9. The van der Waals surface area contributed by atoms with Gasteiger partial charge in [-0.1, -0.05) is 36.3 Å². The molecule has 1 aliphatic heterocycles. The minimum atomic E-state index is -4.90. The maximum Gasteiger partial charge on any atom is 0.340 e. The van der Waals surface area contributed by atoms with Gasteiger partial charge >= 0.3 is 15.2 Å². The largest absolute Gasteiger partial charge is 0.387 e. The molecular weight excluding hydrogens is 778 g/mol. The van der Waals surface area contributed by atoms with Gasteiger partial charge in [-0.3, -0.25) is 13.9 Å². The predicted molar refractivity (Wildman–Crippen MR) is 191 cm³/mol. The quantitative estimate of drug-likeness (QED) is 0.0285. The van der Waals surface area contributed by atoms with E-state index in [-0.39, 0.29) is 48.8 Å². The Morgan fingerprint density at radius 1 is 0.981 bits per heavy atom. The standard InChI is InChI=1S/C31H43ClN6O14P2/c1-2-9-47-11-13-49-15-16-50-14-12-48-10-8-33-25(39)17-23(21-6-4-3-5-7-21)35-28-22-18-34-38(29(22)37-31(32)36-28)30-27(41)26(40)24(52-30)19-51-54(45,46)20-53(42,43)44/h1,3-7,18,23-24,26-27,30,40-41H,8-17,19-20H2,(H,33,39)(H,45,46)(H,35,36,37)(H2,42,43,44)/t23-,24+,26+,27+,30+/m0/s1. The third-order valence-electron chi connectivity index (χ3n) is 7.58. The topological polar surface area (TPSA) is 275 Å². The molecule has 4 rings (SSSR count). The highest BCUT2D eigenvalue weighted by atomic mass is 35.5. The SMILES string of the molecule is C#CCOCCOCCOCCOCCNC(=O)C[C@H](Nc1nc(Cl)nc2c1cnn2[C@@H]1O[C@H](COP(=O)(O)CP(=O)(O)O)[C@@H](O)[C@H]1O)c1ccccc1. The Labute approximate surface area is 315 Å². The van der Waals surface area contributed by atoms with Crippen LogP contribution >= 0.6 is 26.8 Å². The lowest BCUT2D eigenvalue weighted by Crippen LogP contribution is -2.33. The summed E-state index contributed by atoms with van der Waals surface area (Å²) >= 11 is 6.30. The fraction of sp³-hybridized carbons (Fsp3) is 0.548. The summed E-state index contributed by atoms with van der Waals surface area (Å²) in [6.45, 7) is 2.28. The molecule has 0 spiro atoms. The van der Waals surface area contributed by atoms with E-state index in [2.05, 4.69) is 31.6 Å². The molecule has 0 radical (unpaired) electrons. The van der Waals surface area contributed by atoms with Crippen molar-refractivity contribution >= 4 is 49.6 Å². The Hall–Kier alpha value is -3.09. The molecule has 7 N–H and O–H groups in total. The summed E-state index contributed by atoms with van der Waals surface area (Å²) in [4.78, 5) is 49.4. The van der Waals surface area contributed by atoms with Crippen molar-refractivity contribution in [2.45, 2.75) is 37.0 Å². The molecule has 3 aromatic rings. The molecule has 0 saturated carbocycles. The normalized spacial score (nSPS) is 20.4. The molecule has 3 heterocycles. The van der Waals surface area contributed by atoms with Crippen LogP contribution in [0.2, 0.25) is 5.28 Å². The van der Waals surface area contributed by atoms with Crippen LogP contribution in [-0.4, -0.2) is 141 Å². The number of aliphatic hydroxyl groups excluding tert-OH is 2. The molecule has 0 bridgehead atoms. The number of hydrogen-bond acceptors (Lipinski definition) is 15. The second-order valence-electron chi connectivity index (χ2n) is 11.7. The number of hydrogen-bond donors (Lipinski definition) is 7. The van der Waals surface area contributed by atoms with Crippen LogP contribution in [0, 0.1) is 12.3 Å². The summed E-state index contributed by atoms with van der Waals surface area (Å²) in [5.41, 5.74) is 0.820. The summed E-state index contributed by atoms with van der Waals surface area (Å²) in [7, 11) is -9.66. The molecule has 6 atom stereocenters. The Morgan fingerprint density at radius 2 is 1.63 bits per heavy atom. The van der Waals surface area contributed by atoms with Gasteiger partial charge < -0.3 is 63.7 Å². The zero-order valence-electron chi connectivity index (χ0n) is 28.9. The number of amides is 1. The number of fused-ring (bicyclic) bond motifs is 1. The van der Waals surface area contributed by atoms with E-state index in [4.69, 9.17) is 56.0 Å². The minimum Gasteiger partial charge on any atom is -0.387 e. The molecule has 1 unspecified atom stereocenters. The number of nitrogens with one attached hydrogen (secondary N) is 2. The number of aromatic nitrogens is 4. The first-order chi connectivity index (χ1) is 25.8. The van der Waals surface area contributed by atoms with Crippen LogP contribution in [0.3, 0.4) is 0 Å². The van der Waals surface area contributed by atoms with Gasteiger partial charge in [0.2, 0.25) is 11.2 Å². The van der Waals surface area contributed by atoms with E-state index in [9.17, 15) is 29.0 Å². The number of benzene rings is 1. The van der Waals surface area contributed by atoms with Crippen molar-refractivity contribution in [3.8, 4) is 12.3 Å². The first-order valence-electron chi connectivity index (χ1n) is 16.5. The predicted octanol–water partition coefficient (Wildman–Crippen LogP) is 0.795. The lowest BCUT2D eigenvalue weighted by Gasteiger charge is -2.20. The molecule has 20 nitrogen and oxygen atoms in total. The van der Waals surface area contributed by atoms with Gasteiger partial charge in [-0.15, -0.1) is 6.42 Å². The van der Waals surface area contributed by atoms with Crippen molar-refractivity contribution in [2.75, 3.05) is 77.2 Å². The van der Waals surface area contributed by atoms with E-state index in [1.54, 1.807) is 0 Å². The molecule has 1 saturated heterocycles. The van der Waals surface area contributed by atoms with Crippen LogP contribution in [0.1, 0.15) is 24.3 Å².